The molecule has 2 unspecified atom stereocenters. The molecule has 8 nitrogen and oxygen atoms in total. The van der Waals surface area contributed by atoms with Crippen LogP contribution in [0.4, 0.5) is 5.69 Å². The van der Waals surface area contributed by atoms with Gasteiger partial charge in [0.2, 0.25) is 5.91 Å². The molecule has 2 aromatic heterocycles. The third kappa shape index (κ3) is 4.94. The molecule has 0 radical (unpaired) electrons. The maximum absolute atomic E-state index is 13.2. The van der Waals surface area contributed by atoms with Crippen molar-refractivity contribution < 1.29 is 14.3 Å². The van der Waals surface area contributed by atoms with Crippen molar-refractivity contribution in [1.29, 1.82) is 0 Å². The van der Waals surface area contributed by atoms with Crippen LogP contribution in [0, 0.1) is 0 Å². The highest BCUT2D eigenvalue weighted by atomic mass is 32.2. The van der Waals surface area contributed by atoms with E-state index in [0.717, 1.165) is 12.8 Å². The zero-order valence-electron chi connectivity index (χ0n) is 18.1. The molecule has 1 saturated heterocycles. The number of hydrogen-bond acceptors (Lipinski definition) is 7. The first-order valence-corrected chi connectivity index (χ1v) is 11.6. The van der Waals surface area contributed by atoms with Gasteiger partial charge in [0.1, 0.15) is 5.75 Å². The van der Waals surface area contributed by atoms with Gasteiger partial charge in [0.25, 0.3) is 5.56 Å². The van der Waals surface area contributed by atoms with E-state index in [9.17, 15) is 9.59 Å². The lowest BCUT2D eigenvalue weighted by atomic mass is 10.2. The van der Waals surface area contributed by atoms with Crippen molar-refractivity contribution >= 4 is 34.4 Å². The standard InChI is InChI=1S/C23H26N4O4S/c1-3-19(21(28)25-15-7-4-8-16(13-15)30-2)32-23-26-20-18(10-5-11-24-20)22(29)27(23)14-17-9-6-12-31-17/h4-5,7-8,10-11,13,17,19H,3,6,9,12,14H2,1-2H3,(H,25,28). The first kappa shape index (κ1) is 22.3. The summed E-state index contributed by atoms with van der Waals surface area (Å²) in [5.74, 6) is 0.501. The molecule has 3 heterocycles. The molecule has 1 N–H and O–H groups in total. The van der Waals surface area contributed by atoms with Crippen molar-refractivity contribution in [3.8, 4) is 5.75 Å². The van der Waals surface area contributed by atoms with E-state index < -0.39 is 5.25 Å². The predicted octanol–water partition coefficient (Wildman–Crippen LogP) is 3.49. The minimum absolute atomic E-state index is 0.0336. The SMILES string of the molecule is CCC(Sc1nc2ncccc2c(=O)n1CC1CCCO1)C(=O)Nc1cccc(OC)c1. The fraction of sp³-hybridized carbons (Fsp3) is 0.391. The summed E-state index contributed by atoms with van der Waals surface area (Å²) in [6.07, 6.45) is 4.02. The van der Waals surface area contributed by atoms with E-state index in [2.05, 4.69) is 15.3 Å². The van der Waals surface area contributed by atoms with Crippen molar-refractivity contribution in [3.05, 3.63) is 52.9 Å². The second kappa shape index (κ2) is 10.1. The summed E-state index contributed by atoms with van der Waals surface area (Å²) in [6, 6.07) is 10.7. The van der Waals surface area contributed by atoms with E-state index in [1.807, 2.05) is 25.1 Å². The molecule has 0 spiro atoms. The third-order valence-corrected chi connectivity index (χ3v) is 6.71. The molecule has 4 rings (SSSR count). The van der Waals surface area contributed by atoms with Crippen LogP contribution >= 0.6 is 11.8 Å². The number of pyridine rings is 1. The van der Waals surface area contributed by atoms with Gasteiger partial charge >= 0.3 is 0 Å². The lowest BCUT2D eigenvalue weighted by Gasteiger charge is -2.19. The number of carbonyl (C=O) groups excluding carboxylic acids is 1. The fourth-order valence-corrected chi connectivity index (χ4v) is 4.66. The molecule has 9 heteroatoms. The minimum Gasteiger partial charge on any atom is -0.497 e. The van der Waals surface area contributed by atoms with Gasteiger partial charge in [0, 0.05) is 24.6 Å². The fourth-order valence-electron chi connectivity index (χ4n) is 3.65. The highest BCUT2D eigenvalue weighted by Crippen LogP contribution is 2.27. The van der Waals surface area contributed by atoms with Gasteiger partial charge in [0.15, 0.2) is 10.8 Å². The number of carbonyl (C=O) groups is 1. The number of nitrogens with zero attached hydrogens (tertiary/aromatic N) is 3. The number of thioether (sulfide) groups is 1. The van der Waals surface area contributed by atoms with Crippen LogP contribution in [0.1, 0.15) is 26.2 Å². The van der Waals surface area contributed by atoms with E-state index in [4.69, 9.17) is 9.47 Å². The number of rotatable bonds is 8. The highest BCUT2D eigenvalue weighted by Gasteiger charge is 2.25. The summed E-state index contributed by atoms with van der Waals surface area (Å²) >= 11 is 1.28. The second-order valence-corrected chi connectivity index (χ2v) is 8.73. The van der Waals surface area contributed by atoms with E-state index >= 15 is 0 Å². The Morgan fingerprint density at radius 2 is 2.25 bits per heavy atom. The normalized spacial score (nSPS) is 16.8. The average Bonchev–Trinajstić information content (AvgIpc) is 3.33. The maximum Gasteiger partial charge on any atom is 0.263 e. The number of hydrogen-bond donors (Lipinski definition) is 1. The Bertz CT molecular complexity index is 1160. The summed E-state index contributed by atoms with van der Waals surface area (Å²) in [7, 11) is 1.58. The molecular weight excluding hydrogens is 428 g/mol. The van der Waals surface area contributed by atoms with Gasteiger partial charge in [-0.05, 0) is 43.5 Å². The van der Waals surface area contributed by atoms with Gasteiger partial charge in [-0.3, -0.25) is 14.2 Å². The number of fused-ring (bicyclic) bond motifs is 1. The average molecular weight is 455 g/mol. The highest BCUT2D eigenvalue weighted by molar-refractivity contribution is 8.00. The molecule has 168 valence electrons. The van der Waals surface area contributed by atoms with Crippen LogP contribution in [0.15, 0.2) is 52.5 Å². The summed E-state index contributed by atoms with van der Waals surface area (Å²) in [5, 5.41) is 3.44. The number of benzene rings is 1. The van der Waals surface area contributed by atoms with Crippen LogP contribution in [0.5, 0.6) is 5.75 Å². The molecule has 0 saturated carbocycles. The zero-order valence-corrected chi connectivity index (χ0v) is 18.9. The monoisotopic (exact) mass is 454 g/mol. The lowest BCUT2D eigenvalue weighted by Crippen LogP contribution is -2.31. The molecule has 2 atom stereocenters. The van der Waals surface area contributed by atoms with Crippen molar-refractivity contribution in [2.75, 3.05) is 19.0 Å². The Kier molecular flexibility index (Phi) is 7.06. The van der Waals surface area contributed by atoms with Crippen molar-refractivity contribution in [2.45, 2.75) is 49.2 Å². The number of ether oxygens (including phenoxy) is 2. The molecule has 0 aliphatic carbocycles. The summed E-state index contributed by atoms with van der Waals surface area (Å²) in [5.41, 5.74) is 0.870. The van der Waals surface area contributed by atoms with Gasteiger partial charge in [-0.15, -0.1) is 0 Å². The van der Waals surface area contributed by atoms with Crippen LogP contribution in [0.2, 0.25) is 0 Å². The van der Waals surface area contributed by atoms with Crippen molar-refractivity contribution in [1.82, 2.24) is 14.5 Å². The topological polar surface area (TPSA) is 95.3 Å². The zero-order chi connectivity index (χ0) is 22.5. The first-order chi connectivity index (χ1) is 15.6. The van der Waals surface area contributed by atoms with E-state index in [1.165, 1.54) is 11.8 Å². The number of anilines is 1. The smallest absolute Gasteiger partial charge is 0.263 e. The van der Waals surface area contributed by atoms with Gasteiger partial charge in [-0.1, -0.05) is 24.8 Å². The largest absolute Gasteiger partial charge is 0.497 e. The van der Waals surface area contributed by atoms with Crippen LogP contribution in [0.3, 0.4) is 0 Å². The van der Waals surface area contributed by atoms with Crippen LogP contribution < -0.4 is 15.6 Å². The summed E-state index contributed by atoms with van der Waals surface area (Å²) in [6.45, 7) is 3.04. The Morgan fingerprint density at radius 3 is 3.00 bits per heavy atom. The molecule has 0 bridgehead atoms. The number of methoxy groups -OCH3 is 1. The van der Waals surface area contributed by atoms with Crippen molar-refractivity contribution in [3.63, 3.8) is 0 Å². The molecule has 1 aromatic carbocycles. The Balaban J connectivity index is 1.62. The molecule has 32 heavy (non-hydrogen) atoms. The maximum atomic E-state index is 13.2. The van der Waals surface area contributed by atoms with Gasteiger partial charge in [-0.2, -0.15) is 0 Å². The number of amides is 1. The van der Waals surface area contributed by atoms with E-state index in [0.29, 0.717) is 47.2 Å². The molecule has 1 aliphatic heterocycles. The second-order valence-electron chi connectivity index (χ2n) is 7.56. The van der Waals surface area contributed by atoms with E-state index in [-0.39, 0.29) is 17.6 Å². The molecule has 1 fully saturated rings. The molecule has 3 aromatic rings. The van der Waals surface area contributed by atoms with Gasteiger partial charge < -0.3 is 14.8 Å². The predicted molar refractivity (Wildman–Crippen MR) is 124 cm³/mol. The quantitative estimate of drug-likeness (QED) is 0.411. The van der Waals surface area contributed by atoms with Crippen LogP contribution in [-0.4, -0.2) is 45.5 Å². The first-order valence-electron chi connectivity index (χ1n) is 10.7. The van der Waals surface area contributed by atoms with Gasteiger partial charge in [0.05, 0.1) is 30.4 Å². The number of nitrogens with one attached hydrogen (secondary N) is 1. The lowest BCUT2D eigenvalue weighted by molar-refractivity contribution is -0.115. The molecular formula is C23H26N4O4S. The van der Waals surface area contributed by atoms with E-state index in [1.54, 1.807) is 36.1 Å². The summed E-state index contributed by atoms with van der Waals surface area (Å²) in [4.78, 5) is 35.2. The molecule has 1 aliphatic rings. The minimum atomic E-state index is -0.440. The third-order valence-electron chi connectivity index (χ3n) is 5.35. The molecule has 1 amide bonds. The Labute approximate surface area is 190 Å². The van der Waals surface area contributed by atoms with Crippen molar-refractivity contribution in [2.24, 2.45) is 0 Å². The Morgan fingerprint density at radius 1 is 1.38 bits per heavy atom. The van der Waals surface area contributed by atoms with Crippen LogP contribution in [-0.2, 0) is 16.1 Å². The number of aromatic nitrogens is 3. The Hall–Kier alpha value is -2.91. The van der Waals surface area contributed by atoms with Gasteiger partial charge in [-0.25, -0.2) is 9.97 Å². The summed E-state index contributed by atoms with van der Waals surface area (Å²) < 4.78 is 12.6. The van der Waals surface area contributed by atoms with Crippen LogP contribution in [0.25, 0.3) is 11.0 Å².